The van der Waals surface area contributed by atoms with E-state index in [-0.39, 0.29) is 18.2 Å². The number of rotatable bonds is 13. The van der Waals surface area contributed by atoms with Crippen molar-refractivity contribution in [2.45, 2.75) is 45.3 Å². The second-order valence-corrected chi connectivity index (χ2v) is 9.03. The van der Waals surface area contributed by atoms with Gasteiger partial charge in [-0.3, -0.25) is 4.79 Å². The largest absolute Gasteiger partial charge is 0.497 e. The van der Waals surface area contributed by atoms with Crippen molar-refractivity contribution < 1.29 is 14.6 Å². The van der Waals surface area contributed by atoms with Crippen LogP contribution in [0.1, 0.15) is 37.3 Å². The SMILES string of the molecule is CCCC(CCO)Nc1nc(N(Cc2ccc(OC)cc2)Cc2ccc(OC)cc2)nc2cn[nH]c(=O)c12. The Kier molecular flexibility index (Phi) is 9.10. The molecule has 0 bridgehead atoms. The fraction of sp³-hybridized carbons (Fsp3) is 0.357. The van der Waals surface area contributed by atoms with Gasteiger partial charge >= 0.3 is 0 Å². The highest BCUT2D eigenvalue weighted by molar-refractivity contribution is 5.88. The van der Waals surface area contributed by atoms with Crippen LogP contribution in [-0.2, 0) is 13.1 Å². The van der Waals surface area contributed by atoms with Gasteiger partial charge in [-0.25, -0.2) is 10.1 Å². The zero-order chi connectivity index (χ0) is 26.9. The number of aliphatic hydroxyl groups excluding tert-OH is 1. The highest BCUT2D eigenvalue weighted by Gasteiger charge is 2.19. The molecule has 0 saturated carbocycles. The Bertz CT molecular complexity index is 1320. The summed E-state index contributed by atoms with van der Waals surface area (Å²) in [6, 6.07) is 15.7. The number of aromatic amines is 1. The van der Waals surface area contributed by atoms with E-state index in [1.807, 2.05) is 48.5 Å². The molecular formula is C28H34N6O4. The average molecular weight is 519 g/mol. The van der Waals surface area contributed by atoms with E-state index in [0.29, 0.717) is 42.2 Å². The molecule has 4 aromatic rings. The van der Waals surface area contributed by atoms with Gasteiger partial charge in [0.15, 0.2) is 0 Å². The second-order valence-electron chi connectivity index (χ2n) is 9.03. The predicted octanol–water partition coefficient (Wildman–Crippen LogP) is 3.90. The van der Waals surface area contributed by atoms with Crippen LogP contribution in [0.5, 0.6) is 11.5 Å². The van der Waals surface area contributed by atoms with Crippen molar-refractivity contribution in [2.24, 2.45) is 0 Å². The maximum atomic E-state index is 12.8. The van der Waals surface area contributed by atoms with Crippen molar-refractivity contribution in [2.75, 3.05) is 31.0 Å². The highest BCUT2D eigenvalue weighted by Crippen LogP contribution is 2.25. The first-order valence-electron chi connectivity index (χ1n) is 12.7. The minimum absolute atomic E-state index is 0.0342. The molecule has 0 aliphatic rings. The van der Waals surface area contributed by atoms with Crippen molar-refractivity contribution in [3.05, 3.63) is 76.2 Å². The molecule has 10 nitrogen and oxygen atoms in total. The molecule has 2 aromatic carbocycles. The van der Waals surface area contributed by atoms with Crippen LogP contribution >= 0.6 is 0 Å². The summed E-state index contributed by atoms with van der Waals surface area (Å²) >= 11 is 0. The smallest absolute Gasteiger partial charge is 0.277 e. The van der Waals surface area contributed by atoms with E-state index in [0.717, 1.165) is 35.5 Å². The molecule has 1 atom stereocenters. The zero-order valence-corrected chi connectivity index (χ0v) is 22.0. The standard InChI is InChI=1S/C28H34N6O4/c1-4-5-21(14-15-35)30-26-25-24(16-29-33-27(25)36)31-28(32-26)34(17-19-6-10-22(37-2)11-7-19)18-20-8-12-23(38-3)13-9-20/h6-13,16,21,35H,4-5,14-15,17-18H2,1-3H3,(H,33,36)(H,30,31,32). The van der Waals surface area contributed by atoms with Crippen LogP contribution in [0.15, 0.2) is 59.5 Å². The quantitative estimate of drug-likeness (QED) is 0.242. The lowest BCUT2D eigenvalue weighted by atomic mass is 10.1. The van der Waals surface area contributed by atoms with Crippen LogP contribution in [0.25, 0.3) is 10.9 Å². The third-order valence-electron chi connectivity index (χ3n) is 6.31. The van der Waals surface area contributed by atoms with E-state index in [4.69, 9.17) is 19.4 Å². The number of hydrogen-bond donors (Lipinski definition) is 3. The Morgan fingerprint density at radius 2 is 1.55 bits per heavy atom. The minimum Gasteiger partial charge on any atom is -0.497 e. The third-order valence-corrected chi connectivity index (χ3v) is 6.31. The van der Waals surface area contributed by atoms with Gasteiger partial charge in [0, 0.05) is 25.7 Å². The Hall–Kier alpha value is -4.18. The molecule has 10 heteroatoms. The molecule has 0 radical (unpaired) electrons. The number of nitrogens with zero attached hydrogens (tertiary/aromatic N) is 4. The number of hydrogen-bond acceptors (Lipinski definition) is 9. The Morgan fingerprint density at radius 1 is 0.947 bits per heavy atom. The van der Waals surface area contributed by atoms with Gasteiger partial charge in [-0.15, -0.1) is 0 Å². The van der Waals surface area contributed by atoms with E-state index < -0.39 is 0 Å². The van der Waals surface area contributed by atoms with Crippen molar-refractivity contribution in [1.29, 1.82) is 0 Å². The van der Waals surface area contributed by atoms with Crippen LogP contribution in [0.3, 0.4) is 0 Å². The van der Waals surface area contributed by atoms with Crippen LogP contribution in [-0.4, -0.2) is 52.1 Å². The van der Waals surface area contributed by atoms with E-state index in [1.54, 1.807) is 14.2 Å². The fourth-order valence-corrected chi connectivity index (χ4v) is 4.32. The Morgan fingerprint density at radius 3 is 2.08 bits per heavy atom. The number of aliphatic hydroxyl groups is 1. The molecule has 4 rings (SSSR count). The van der Waals surface area contributed by atoms with Gasteiger partial charge < -0.3 is 24.8 Å². The first-order valence-corrected chi connectivity index (χ1v) is 12.7. The van der Waals surface area contributed by atoms with E-state index in [1.165, 1.54) is 6.20 Å². The average Bonchev–Trinajstić information content (AvgIpc) is 2.93. The topological polar surface area (TPSA) is 125 Å². The summed E-state index contributed by atoms with van der Waals surface area (Å²) < 4.78 is 10.6. The number of aromatic nitrogens is 4. The monoisotopic (exact) mass is 518 g/mol. The summed E-state index contributed by atoms with van der Waals surface area (Å²) in [5.41, 5.74) is 2.17. The maximum Gasteiger partial charge on any atom is 0.277 e. The molecule has 3 N–H and O–H groups in total. The van der Waals surface area contributed by atoms with Crippen LogP contribution in [0.4, 0.5) is 11.8 Å². The van der Waals surface area contributed by atoms with E-state index in [9.17, 15) is 9.90 Å². The molecule has 0 spiro atoms. The number of methoxy groups -OCH3 is 2. The van der Waals surface area contributed by atoms with Crippen molar-refractivity contribution in [3.63, 3.8) is 0 Å². The lowest BCUT2D eigenvalue weighted by Crippen LogP contribution is -2.27. The number of fused-ring (bicyclic) bond motifs is 1. The third kappa shape index (κ3) is 6.57. The summed E-state index contributed by atoms with van der Waals surface area (Å²) in [6.45, 7) is 3.16. The van der Waals surface area contributed by atoms with Gasteiger partial charge in [0.2, 0.25) is 5.95 Å². The lowest BCUT2D eigenvalue weighted by molar-refractivity contribution is 0.276. The summed E-state index contributed by atoms with van der Waals surface area (Å²) in [5.74, 6) is 2.44. The number of benzene rings is 2. The molecule has 0 fully saturated rings. The summed E-state index contributed by atoms with van der Waals surface area (Å²) in [7, 11) is 3.28. The number of ether oxygens (including phenoxy) is 2. The normalized spacial score (nSPS) is 11.8. The molecule has 0 amide bonds. The first-order chi connectivity index (χ1) is 18.5. The van der Waals surface area contributed by atoms with Crippen molar-refractivity contribution in [3.8, 4) is 11.5 Å². The predicted molar refractivity (Wildman–Crippen MR) is 148 cm³/mol. The van der Waals surface area contributed by atoms with Crippen molar-refractivity contribution >= 4 is 22.7 Å². The summed E-state index contributed by atoms with van der Waals surface area (Å²) in [5, 5.41) is 19.8. The molecule has 0 aliphatic heterocycles. The van der Waals surface area contributed by atoms with E-state index >= 15 is 0 Å². The molecular weight excluding hydrogens is 484 g/mol. The van der Waals surface area contributed by atoms with Crippen LogP contribution < -0.4 is 25.2 Å². The Labute approximate surface area is 221 Å². The van der Waals surface area contributed by atoms with Crippen molar-refractivity contribution in [1.82, 2.24) is 20.2 Å². The molecule has 1 unspecified atom stereocenters. The van der Waals surface area contributed by atoms with Gasteiger partial charge in [0.1, 0.15) is 28.2 Å². The first kappa shape index (κ1) is 26.9. The number of anilines is 2. The molecule has 0 aliphatic carbocycles. The lowest BCUT2D eigenvalue weighted by Gasteiger charge is -2.25. The summed E-state index contributed by atoms with van der Waals surface area (Å²) in [6.07, 6.45) is 3.82. The maximum absolute atomic E-state index is 12.8. The highest BCUT2D eigenvalue weighted by atomic mass is 16.5. The molecule has 0 saturated heterocycles. The zero-order valence-electron chi connectivity index (χ0n) is 22.0. The molecule has 2 heterocycles. The van der Waals surface area contributed by atoms with Crippen LogP contribution in [0.2, 0.25) is 0 Å². The van der Waals surface area contributed by atoms with Crippen LogP contribution in [0, 0.1) is 0 Å². The van der Waals surface area contributed by atoms with Gasteiger partial charge in [-0.05, 0) is 48.2 Å². The van der Waals surface area contributed by atoms with E-state index in [2.05, 4.69) is 27.3 Å². The fourth-order valence-electron chi connectivity index (χ4n) is 4.32. The van der Waals surface area contributed by atoms with Gasteiger partial charge in [-0.2, -0.15) is 10.1 Å². The number of nitrogens with one attached hydrogen (secondary N) is 2. The van der Waals surface area contributed by atoms with Gasteiger partial charge in [0.05, 0.1) is 20.4 Å². The molecule has 2 aromatic heterocycles. The Balaban J connectivity index is 1.77. The molecule has 38 heavy (non-hydrogen) atoms. The summed E-state index contributed by atoms with van der Waals surface area (Å²) in [4.78, 5) is 24.4. The number of H-pyrrole nitrogens is 1. The van der Waals surface area contributed by atoms with Gasteiger partial charge in [0.25, 0.3) is 5.56 Å². The molecule has 200 valence electrons. The second kappa shape index (κ2) is 12.9. The van der Waals surface area contributed by atoms with Gasteiger partial charge in [-0.1, -0.05) is 37.6 Å². The minimum atomic E-state index is -0.368.